The molecule has 28 heavy (non-hydrogen) atoms. The van der Waals surface area contributed by atoms with Crippen LogP contribution in [0.2, 0.25) is 0 Å². The van der Waals surface area contributed by atoms with Gasteiger partial charge in [-0.3, -0.25) is 14.4 Å². The molecule has 1 fully saturated rings. The summed E-state index contributed by atoms with van der Waals surface area (Å²) in [6, 6.07) is 6.71. The third-order valence-electron chi connectivity index (χ3n) is 5.63. The van der Waals surface area contributed by atoms with Crippen LogP contribution in [0.15, 0.2) is 24.3 Å². The Hall–Kier alpha value is -2.41. The summed E-state index contributed by atoms with van der Waals surface area (Å²) in [4.78, 5) is 41.4. The third kappa shape index (κ3) is 4.35. The molecule has 0 aromatic heterocycles. The molecular weight excluding hydrogens is 358 g/mol. The first kappa shape index (κ1) is 20.3. The van der Waals surface area contributed by atoms with Gasteiger partial charge >= 0.3 is 0 Å². The molecule has 2 aliphatic heterocycles. The minimum absolute atomic E-state index is 0.0530. The van der Waals surface area contributed by atoms with E-state index in [-0.39, 0.29) is 30.4 Å². The Labute approximate surface area is 166 Å². The quantitative estimate of drug-likeness (QED) is 0.828. The molecule has 0 radical (unpaired) electrons. The number of fused-ring (bicyclic) bond motifs is 1. The van der Waals surface area contributed by atoms with Gasteiger partial charge in [-0.05, 0) is 39.6 Å². The maximum absolute atomic E-state index is 12.7. The number of benzene rings is 1. The number of ketones is 1. The van der Waals surface area contributed by atoms with Gasteiger partial charge in [-0.2, -0.15) is 0 Å². The highest BCUT2D eigenvalue weighted by Gasteiger charge is 2.44. The van der Waals surface area contributed by atoms with Crippen LogP contribution in [0.3, 0.4) is 0 Å². The Morgan fingerprint density at radius 1 is 1.29 bits per heavy atom. The molecule has 2 heterocycles. The summed E-state index contributed by atoms with van der Waals surface area (Å²) >= 11 is 0. The second-order valence-electron chi connectivity index (χ2n) is 7.99. The van der Waals surface area contributed by atoms with Crippen LogP contribution in [0, 0.1) is 0 Å². The number of likely N-dealkylation sites (N-methyl/N-ethyl adjacent to an activating group) is 1. The molecule has 2 aliphatic rings. The third-order valence-corrected chi connectivity index (χ3v) is 5.63. The van der Waals surface area contributed by atoms with Gasteiger partial charge in [0, 0.05) is 32.5 Å². The molecule has 1 saturated heterocycles. The van der Waals surface area contributed by atoms with Gasteiger partial charge in [-0.15, -0.1) is 0 Å². The van der Waals surface area contributed by atoms with Gasteiger partial charge in [0.05, 0.1) is 12.0 Å². The summed E-state index contributed by atoms with van der Waals surface area (Å²) in [6.07, 6.45) is 1.56. The van der Waals surface area contributed by atoms with Crippen LogP contribution < -0.4 is 10.1 Å². The van der Waals surface area contributed by atoms with E-state index < -0.39 is 11.6 Å². The lowest BCUT2D eigenvalue weighted by molar-refractivity contribution is -0.139. The number of rotatable bonds is 5. The normalized spacial score (nSPS) is 23.2. The molecule has 2 atom stereocenters. The second-order valence-corrected chi connectivity index (χ2v) is 7.99. The van der Waals surface area contributed by atoms with Gasteiger partial charge in [0.25, 0.3) is 0 Å². The highest BCUT2D eigenvalue weighted by Crippen LogP contribution is 2.39. The maximum Gasteiger partial charge on any atom is 0.242 e. The average molecular weight is 387 g/mol. The smallest absolute Gasteiger partial charge is 0.242 e. The Kier molecular flexibility index (Phi) is 6.03. The van der Waals surface area contributed by atoms with Crippen molar-refractivity contribution >= 4 is 17.6 Å². The lowest BCUT2D eigenvalue weighted by Crippen LogP contribution is -2.49. The summed E-state index contributed by atoms with van der Waals surface area (Å²) in [5, 5.41) is 2.88. The lowest BCUT2D eigenvalue weighted by Gasteiger charge is -2.37. The highest BCUT2D eigenvalue weighted by molar-refractivity contribution is 6.00. The number of hydrogen-bond acceptors (Lipinski definition) is 5. The Morgan fingerprint density at radius 3 is 2.79 bits per heavy atom. The van der Waals surface area contributed by atoms with Gasteiger partial charge < -0.3 is 19.9 Å². The molecule has 0 saturated carbocycles. The Morgan fingerprint density at radius 2 is 2.04 bits per heavy atom. The van der Waals surface area contributed by atoms with Crippen molar-refractivity contribution in [2.45, 2.75) is 44.2 Å². The van der Waals surface area contributed by atoms with Crippen molar-refractivity contribution in [2.75, 3.05) is 33.7 Å². The summed E-state index contributed by atoms with van der Waals surface area (Å²) in [5.74, 6) is 0.422. The Balaban J connectivity index is 1.67. The summed E-state index contributed by atoms with van der Waals surface area (Å²) in [6.45, 7) is 3.43. The minimum Gasteiger partial charge on any atom is -0.486 e. The number of carbonyl (C=O) groups is 3. The first-order valence-electron chi connectivity index (χ1n) is 9.84. The molecule has 7 heteroatoms. The maximum atomic E-state index is 12.7. The topological polar surface area (TPSA) is 79.0 Å². The fraction of sp³-hybridized carbons (Fsp3) is 0.571. The summed E-state index contributed by atoms with van der Waals surface area (Å²) < 4.78 is 6.23. The van der Waals surface area contributed by atoms with E-state index in [1.54, 1.807) is 24.0 Å². The van der Waals surface area contributed by atoms with Crippen molar-refractivity contribution in [1.29, 1.82) is 0 Å². The monoisotopic (exact) mass is 387 g/mol. The van der Waals surface area contributed by atoms with Crippen LogP contribution in [0.5, 0.6) is 5.75 Å². The van der Waals surface area contributed by atoms with E-state index in [1.807, 2.05) is 31.1 Å². The van der Waals surface area contributed by atoms with Crippen LogP contribution in [0.1, 0.15) is 43.0 Å². The SMILES string of the molecule is C[C@@H](C(=O)NCCN(C)C)N1CC[C@]2(CCC1=O)CC(=O)c1ccccc1O2. The number of amides is 2. The largest absolute Gasteiger partial charge is 0.486 e. The average Bonchev–Trinajstić information content (AvgIpc) is 2.80. The van der Waals surface area contributed by atoms with Crippen molar-refractivity contribution in [1.82, 2.24) is 15.1 Å². The predicted octanol–water partition coefficient (Wildman–Crippen LogP) is 1.47. The zero-order valence-corrected chi connectivity index (χ0v) is 16.9. The van der Waals surface area contributed by atoms with Gasteiger partial charge in [0.15, 0.2) is 5.78 Å². The molecule has 0 aliphatic carbocycles. The van der Waals surface area contributed by atoms with E-state index in [4.69, 9.17) is 4.74 Å². The van der Waals surface area contributed by atoms with Crippen molar-refractivity contribution in [2.24, 2.45) is 0 Å². The van der Waals surface area contributed by atoms with E-state index in [0.29, 0.717) is 37.2 Å². The fourth-order valence-electron chi connectivity index (χ4n) is 3.88. The van der Waals surface area contributed by atoms with Crippen molar-refractivity contribution in [3.05, 3.63) is 29.8 Å². The molecule has 1 N–H and O–H groups in total. The summed E-state index contributed by atoms with van der Waals surface area (Å²) in [5.41, 5.74) is -0.0639. The van der Waals surface area contributed by atoms with Crippen LogP contribution in [-0.4, -0.2) is 72.8 Å². The van der Waals surface area contributed by atoms with Crippen molar-refractivity contribution in [3.8, 4) is 5.75 Å². The first-order valence-corrected chi connectivity index (χ1v) is 9.84. The molecule has 7 nitrogen and oxygen atoms in total. The van der Waals surface area contributed by atoms with E-state index in [1.165, 1.54) is 0 Å². The number of ether oxygens (including phenoxy) is 1. The van der Waals surface area contributed by atoms with Crippen LogP contribution >= 0.6 is 0 Å². The van der Waals surface area contributed by atoms with Gasteiger partial charge in [-0.25, -0.2) is 0 Å². The lowest BCUT2D eigenvalue weighted by atomic mass is 9.84. The minimum atomic E-state index is -0.670. The number of nitrogens with one attached hydrogen (secondary N) is 1. The van der Waals surface area contributed by atoms with Crippen LogP contribution in [0.25, 0.3) is 0 Å². The predicted molar refractivity (Wildman–Crippen MR) is 105 cm³/mol. The van der Waals surface area contributed by atoms with Crippen molar-refractivity contribution < 1.29 is 19.1 Å². The highest BCUT2D eigenvalue weighted by atomic mass is 16.5. The van der Waals surface area contributed by atoms with E-state index >= 15 is 0 Å². The molecule has 1 aromatic rings. The molecule has 152 valence electrons. The molecule has 0 unspecified atom stereocenters. The number of Topliss-reactive ketones (excluding diaryl/α,β-unsaturated/α-hetero) is 1. The number of para-hydroxylation sites is 1. The summed E-state index contributed by atoms with van der Waals surface area (Å²) in [7, 11) is 3.88. The number of hydrogen-bond donors (Lipinski definition) is 1. The zero-order valence-electron chi connectivity index (χ0n) is 16.9. The number of likely N-dealkylation sites (tertiary alicyclic amines) is 1. The second kappa shape index (κ2) is 8.31. The Bertz CT molecular complexity index is 764. The van der Waals surface area contributed by atoms with E-state index in [2.05, 4.69) is 5.32 Å². The van der Waals surface area contributed by atoms with Gasteiger partial charge in [0.1, 0.15) is 17.4 Å². The van der Waals surface area contributed by atoms with Crippen LogP contribution in [0.4, 0.5) is 0 Å². The van der Waals surface area contributed by atoms with E-state index in [9.17, 15) is 14.4 Å². The molecule has 2 amide bonds. The van der Waals surface area contributed by atoms with Crippen LogP contribution in [-0.2, 0) is 9.59 Å². The van der Waals surface area contributed by atoms with Gasteiger partial charge in [0.2, 0.25) is 11.8 Å². The van der Waals surface area contributed by atoms with Crippen molar-refractivity contribution in [3.63, 3.8) is 0 Å². The van der Waals surface area contributed by atoms with E-state index in [0.717, 1.165) is 6.54 Å². The molecule has 3 rings (SSSR count). The first-order chi connectivity index (χ1) is 13.3. The molecule has 1 spiro atoms. The standard InChI is InChI=1S/C21H29N3O4/c1-15(20(27)22-11-13-23(2)3)24-12-10-21(9-8-19(24)26)14-17(25)16-6-4-5-7-18(16)28-21/h4-7,15H,8-14H2,1-3H3,(H,22,27)/t15-,21+/m0/s1. The molecular formula is C21H29N3O4. The van der Waals surface area contributed by atoms with Gasteiger partial charge in [-0.1, -0.05) is 12.1 Å². The number of nitrogens with zero attached hydrogens (tertiary/aromatic N) is 2. The molecule has 1 aromatic carbocycles. The zero-order chi connectivity index (χ0) is 20.3. The fourth-order valence-corrected chi connectivity index (χ4v) is 3.88. The number of carbonyl (C=O) groups excluding carboxylic acids is 3. The molecule has 0 bridgehead atoms.